The molecule has 1 heterocycles. The molecule has 0 unspecified atom stereocenters. The summed E-state index contributed by atoms with van der Waals surface area (Å²) in [4.78, 5) is 13.5. The molecule has 1 aliphatic carbocycles. The number of hydrogen-bond acceptors (Lipinski definition) is 2. The van der Waals surface area contributed by atoms with Gasteiger partial charge in [0, 0.05) is 13.1 Å². The molecule has 2 aliphatic rings. The summed E-state index contributed by atoms with van der Waals surface area (Å²) in [5, 5.41) is 0. The molecule has 1 aliphatic heterocycles. The van der Waals surface area contributed by atoms with E-state index in [-0.39, 0.29) is 75.7 Å². The number of rotatable bonds is 1. The average molecular weight is 331 g/mol. The van der Waals surface area contributed by atoms with E-state index in [1.165, 1.54) is 0 Å². The molecular formula is C13H22BF3KNO2. The van der Waals surface area contributed by atoms with Crippen LogP contribution in [0.1, 0.15) is 46.5 Å². The van der Waals surface area contributed by atoms with Crippen molar-refractivity contribution in [2.24, 2.45) is 5.41 Å². The van der Waals surface area contributed by atoms with Gasteiger partial charge in [-0.05, 0) is 39.0 Å². The molecule has 2 rings (SSSR count). The zero-order chi connectivity index (χ0) is 15.2. The van der Waals surface area contributed by atoms with Crippen LogP contribution in [-0.4, -0.2) is 36.7 Å². The monoisotopic (exact) mass is 331 g/mol. The zero-order valence-corrected chi connectivity index (χ0v) is 16.4. The van der Waals surface area contributed by atoms with Gasteiger partial charge in [0.25, 0.3) is 0 Å². The van der Waals surface area contributed by atoms with Crippen LogP contribution in [0.5, 0.6) is 0 Å². The number of amides is 1. The van der Waals surface area contributed by atoms with Gasteiger partial charge in [0.1, 0.15) is 5.60 Å². The minimum Gasteiger partial charge on any atom is -0.449 e. The van der Waals surface area contributed by atoms with E-state index in [4.69, 9.17) is 4.74 Å². The first kappa shape index (κ1) is 19.8. The van der Waals surface area contributed by atoms with E-state index in [9.17, 15) is 17.7 Å². The smallest absolute Gasteiger partial charge is 0.449 e. The van der Waals surface area contributed by atoms with Crippen molar-refractivity contribution in [1.29, 1.82) is 0 Å². The number of halogens is 3. The number of carbonyl (C=O) groups is 1. The van der Waals surface area contributed by atoms with Gasteiger partial charge >= 0.3 is 64.5 Å². The minimum atomic E-state index is -4.69. The fourth-order valence-corrected chi connectivity index (χ4v) is 3.22. The Morgan fingerprint density at radius 1 is 1.19 bits per heavy atom. The minimum absolute atomic E-state index is 0. The predicted molar refractivity (Wildman–Crippen MR) is 71.5 cm³/mol. The van der Waals surface area contributed by atoms with Crippen LogP contribution in [0.4, 0.5) is 17.7 Å². The van der Waals surface area contributed by atoms with Crippen LogP contribution in [0.25, 0.3) is 0 Å². The number of hydrogen-bond donors (Lipinski definition) is 0. The first-order valence-corrected chi connectivity index (χ1v) is 7.19. The maximum absolute atomic E-state index is 12.6. The van der Waals surface area contributed by atoms with Crippen LogP contribution in [0.3, 0.4) is 0 Å². The molecule has 21 heavy (non-hydrogen) atoms. The molecule has 2 fully saturated rings. The zero-order valence-electron chi connectivity index (χ0n) is 13.3. The summed E-state index contributed by atoms with van der Waals surface area (Å²) >= 11 is 0. The maximum Gasteiger partial charge on any atom is 1.00 e. The fraction of sp³-hybridized carbons (Fsp3) is 0.923. The van der Waals surface area contributed by atoms with Crippen LogP contribution in [0.15, 0.2) is 0 Å². The van der Waals surface area contributed by atoms with E-state index in [0.29, 0.717) is 25.9 Å². The first-order valence-electron chi connectivity index (χ1n) is 7.19. The van der Waals surface area contributed by atoms with Crippen LogP contribution in [-0.2, 0) is 4.74 Å². The van der Waals surface area contributed by atoms with E-state index in [1.54, 1.807) is 25.7 Å². The standard InChI is InChI=1S/C13H22BF3NO2.K/c1-12(2,3)20-11(19)18-6-4-13(5-7-18)8-10(9-13)14(15,16)17;/h10H,4-9H2,1-3H3;/q-1;+1. The van der Waals surface area contributed by atoms with Crippen molar-refractivity contribution >= 4 is 13.1 Å². The third-order valence-electron chi connectivity index (χ3n) is 4.40. The summed E-state index contributed by atoms with van der Waals surface area (Å²) in [5.74, 6) is -1.08. The molecule has 0 aromatic heterocycles. The third-order valence-corrected chi connectivity index (χ3v) is 4.40. The van der Waals surface area contributed by atoms with E-state index in [1.807, 2.05) is 0 Å². The molecule has 0 aromatic carbocycles. The van der Waals surface area contributed by atoms with Gasteiger partial charge in [0.05, 0.1) is 0 Å². The van der Waals surface area contributed by atoms with E-state index < -0.39 is 18.4 Å². The van der Waals surface area contributed by atoms with Crippen molar-refractivity contribution in [3.05, 3.63) is 0 Å². The Hall–Kier alpha value is 0.761. The van der Waals surface area contributed by atoms with Gasteiger partial charge in [-0.25, -0.2) is 4.79 Å². The van der Waals surface area contributed by atoms with Crippen molar-refractivity contribution in [3.8, 4) is 0 Å². The predicted octanol–water partition coefficient (Wildman–Crippen LogP) is 1.02. The first-order chi connectivity index (χ1) is 9.01. The van der Waals surface area contributed by atoms with Crippen LogP contribution >= 0.6 is 0 Å². The number of ether oxygens (including phenoxy) is 1. The Bertz CT molecular complexity index is 382. The number of piperidine rings is 1. The van der Waals surface area contributed by atoms with Crippen molar-refractivity contribution in [3.63, 3.8) is 0 Å². The van der Waals surface area contributed by atoms with E-state index in [0.717, 1.165) is 0 Å². The second-order valence-electron chi connectivity index (χ2n) is 7.26. The molecule has 1 saturated carbocycles. The summed E-state index contributed by atoms with van der Waals surface area (Å²) in [6, 6.07) is 0. The van der Waals surface area contributed by atoms with Crippen LogP contribution in [0.2, 0.25) is 5.82 Å². The number of nitrogens with zero attached hydrogens (tertiary/aromatic N) is 1. The topological polar surface area (TPSA) is 29.5 Å². The summed E-state index contributed by atoms with van der Waals surface area (Å²) in [6.07, 6.45) is 1.46. The van der Waals surface area contributed by atoms with Gasteiger partial charge in [0.2, 0.25) is 0 Å². The van der Waals surface area contributed by atoms with Gasteiger partial charge in [-0.3, -0.25) is 0 Å². The Morgan fingerprint density at radius 3 is 2.05 bits per heavy atom. The van der Waals surface area contributed by atoms with Gasteiger partial charge in [-0.15, -0.1) is 0 Å². The number of likely N-dealkylation sites (tertiary alicyclic amines) is 1. The molecule has 1 saturated heterocycles. The molecule has 0 N–H and O–H groups in total. The van der Waals surface area contributed by atoms with E-state index in [2.05, 4.69) is 0 Å². The normalized spacial score (nSPS) is 22.5. The Kier molecular flexibility index (Phi) is 6.33. The molecule has 0 atom stereocenters. The van der Waals surface area contributed by atoms with E-state index >= 15 is 0 Å². The largest absolute Gasteiger partial charge is 1.00 e. The molecule has 116 valence electrons. The Balaban J connectivity index is 0.00000220. The molecule has 1 spiro atoms. The van der Waals surface area contributed by atoms with Crippen molar-refractivity contribution in [2.45, 2.75) is 57.9 Å². The molecule has 8 heteroatoms. The Labute approximate surface area is 166 Å². The molecule has 1 amide bonds. The average Bonchev–Trinajstić information content (AvgIpc) is 2.22. The fourth-order valence-electron chi connectivity index (χ4n) is 3.22. The third kappa shape index (κ3) is 5.12. The summed E-state index contributed by atoms with van der Waals surface area (Å²) in [6.45, 7) is 1.73. The SMILES string of the molecule is CC(C)(C)OC(=O)N1CCC2(CC1)CC([B-](F)(F)F)C2.[K+]. The van der Waals surface area contributed by atoms with Gasteiger partial charge in [-0.2, -0.15) is 0 Å². The van der Waals surface area contributed by atoms with Crippen molar-refractivity contribution < 1.29 is 73.9 Å². The van der Waals surface area contributed by atoms with Crippen LogP contribution in [0, 0.1) is 5.41 Å². The van der Waals surface area contributed by atoms with Gasteiger partial charge < -0.3 is 22.6 Å². The van der Waals surface area contributed by atoms with Crippen molar-refractivity contribution in [1.82, 2.24) is 4.90 Å². The van der Waals surface area contributed by atoms with Crippen molar-refractivity contribution in [2.75, 3.05) is 13.1 Å². The van der Waals surface area contributed by atoms with Gasteiger partial charge in [0.15, 0.2) is 0 Å². The summed E-state index contributed by atoms with van der Waals surface area (Å²) in [7, 11) is 0. The Morgan fingerprint density at radius 2 is 1.67 bits per heavy atom. The maximum atomic E-state index is 12.6. The molecule has 0 bridgehead atoms. The van der Waals surface area contributed by atoms with Crippen LogP contribution < -0.4 is 51.4 Å². The number of carbonyl (C=O) groups excluding carboxylic acids is 1. The quantitative estimate of drug-likeness (QED) is 0.672. The molecule has 3 nitrogen and oxygen atoms in total. The second kappa shape index (κ2) is 6.71. The molecule has 0 aromatic rings. The second-order valence-corrected chi connectivity index (χ2v) is 7.26. The summed E-state index contributed by atoms with van der Waals surface area (Å²) < 4.78 is 43.1. The molecular weight excluding hydrogens is 309 g/mol. The summed E-state index contributed by atoms with van der Waals surface area (Å²) in [5.41, 5.74) is -0.715. The van der Waals surface area contributed by atoms with Gasteiger partial charge in [-0.1, -0.05) is 18.7 Å². The molecule has 0 radical (unpaired) electrons.